The van der Waals surface area contributed by atoms with E-state index in [0.29, 0.717) is 11.2 Å². The van der Waals surface area contributed by atoms with Crippen molar-refractivity contribution in [2.24, 2.45) is 5.84 Å². The standard InChI is InChI=1S/C8H15N5OS/c1-6-5-14-3-2-13(6)4-7-11-12-8(10-9)15-7/h6H,2-5,9H2,1H3,(H,10,12). The van der Waals surface area contributed by atoms with Crippen LogP contribution in [-0.4, -0.2) is 40.9 Å². The quantitative estimate of drug-likeness (QED) is 0.563. The van der Waals surface area contributed by atoms with E-state index in [4.69, 9.17) is 10.6 Å². The molecule has 1 aliphatic heterocycles. The van der Waals surface area contributed by atoms with Crippen LogP contribution in [0.5, 0.6) is 0 Å². The van der Waals surface area contributed by atoms with E-state index in [2.05, 4.69) is 27.4 Å². The molecule has 1 aromatic rings. The van der Waals surface area contributed by atoms with E-state index >= 15 is 0 Å². The lowest BCUT2D eigenvalue weighted by Crippen LogP contribution is -2.42. The predicted molar refractivity (Wildman–Crippen MR) is 58.4 cm³/mol. The third kappa shape index (κ3) is 2.63. The summed E-state index contributed by atoms with van der Waals surface area (Å²) in [6.07, 6.45) is 0. The highest BCUT2D eigenvalue weighted by molar-refractivity contribution is 7.15. The third-order valence-corrected chi connectivity index (χ3v) is 3.27. The molecule has 1 saturated heterocycles. The lowest BCUT2D eigenvalue weighted by molar-refractivity contribution is -0.00446. The summed E-state index contributed by atoms with van der Waals surface area (Å²) >= 11 is 1.49. The van der Waals surface area contributed by atoms with Gasteiger partial charge in [-0.3, -0.25) is 10.3 Å². The Labute approximate surface area is 92.4 Å². The molecule has 0 amide bonds. The van der Waals surface area contributed by atoms with Crippen molar-refractivity contribution in [3.05, 3.63) is 5.01 Å². The van der Waals surface area contributed by atoms with E-state index in [0.717, 1.165) is 31.3 Å². The molecule has 1 atom stereocenters. The van der Waals surface area contributed by atoms with Gasteiger partial charge in [-0.05, 0) is 6.92 Å². The van der Waals surface area contributed by atoms with Crippen molar-refractivity contribution in [3.63, 3.8) is 0 Å². The van der Waals surface area contributed by atoms with Gasteiger partial charge >= 0.3 is 0 Å². The van der Waals surface area contributed by atoms with Gasteiger partial charge in [0.15, 0.2) is 0 Å². The molecule has 0 spiro atoms. The second-order valence-electron chi connectivity index (χ2n) is 3.54. The number of anilines is 1. The number of hydrogen-bond donors (Lipinski definition) is 2. The second kappa shape index (κ2) is 4.84. The third-order valence-electron chi connectivity index (χ3n) is 2.43. The van der Waals surface area contributed by atoms with E-state index < -0.39 is 0 Å². The molecule has 3 N–H and O–H groups in total. The Balaban J connectivity index is 1.95. The summed E-state index contributed by atoms with van der Waals surface area (Å²) in [5.74, 6) is 5.25. The fraction of sp³-hybridized carbons (Fsp3) is 0.750. The summed E-state index contributed by atoms with van der Waals surface area (Å²) in [6, 6.07) is 0.442. The number of ether oxygens (including phenoxy) is 1. The van der Waals surface area contributed by atoms with Crippen LogP contribution in [0.25, 0.3) is 0 Å². The van der Waals surface area contributed by atoms with Gasteiger partial charge in [0.05, 0.1) is 19.8 Å². The van der Waals surface area contributed by atoms with Gasteiger partial charge in [-0.2, -0.15) is 0 Å². The highest BCUT2D eigenvalue weighted by Gasteiger charge is 2.20. The number of hydrogen-bond acceptors (Lipinski definition) is 7. The Morgan fingerprint density at radius 1 is 1.67 bits per heavy atom. The second-order valence-corrected chi connectivity index (χ2v) is 4.60. The molecule has 0 aliphatic carbocycles. The van der Waals surface area contributed by atoms with Gasteiger partial charge in [0.2, 0.25) is 5.13 Å². The zero-order chi connectivity index (χ0) is 10.7. The summed E-state index contributed by atoms with van der Waals surface area (Å²) in [5.41, 5.74) is 2.50. The molecular formula is C8H15N5OS. The Kier molecular flexibility index (Phi) is 3.47. The number of nitrogen functional groups attached to an aromatic ring is 1. The highest BCUT2D eigenvalue weighted by atomic mass is 32.1. The lowest BCUT2D eigenvalue weighted by atomic mass is 10.2. The van der Waals surface area contributed by atoms with Crippen LogP contribution in [0.4, 0.5) is 5.13 Å². The van der Waals surface area contributed by atoms with E-state index in [1.807, 2.05) is 0 Å². The van der Waals surface area contributed by atoms with Crippen molar-refractivity contribution in [1.29, 1.82) is 0 Å². The topological polar surface area (TPSA) is 76.3 Å². The van der Waals surface area contributed by atoms with Gasteiger partial charge in [0, 0.05) is 12.6 Å². The van der Waals surface area contributed by atoms with Crippen molar-refractivity contribution in [2.45, 2.75) is 19.5 Å². The maximum absolute atomic E-state index is 5.37. The number of nitrogens with zero attached hydrogens (tertiary/aromatic N) is 3. The molecule has 7 heteroatoms. The molecule has 1 aromatic heterocycles. The first-order valence-electron chi connectivity index (χ1n) is 4.90. The van der Waals surface area contributed by atoms with E-state index in [1.165, 1.54) is 11.3 Å². The molecule has 0 bridgehead atoms. The molecule has 2 heterocycles. The summed E-state index contributed by atoms with van der Waals surface area (Å²) < 4.78 is 5.37. The molecule has 1 unspecified atom stereocenters. The minimum atomic E-state index is 0.442. The molecule has 15 heavy (non-hydrogen) atoms. The molecule has 1 aliphatic rings. The average Bonchev–Trinajstić information content (AvgIpc) is 2.69. The molecule has 84 valence electrons. The number of rotatable bonds is 3. The Morgan fingerprint density at radius 2 is 2.53 bits per heavy atom. The van der Waals surface area contributed by atoms with Gasteiger partial charge in [0.1, 0.15) is 5.01 Å². The maximum Gasteiger partial charge on any atom is 0.219 e. The SMILES string of the molecule is CC1COCCN1Cc1nnc(NN)s1. The predicted octanol–water partition coefficient (Wildman–Crippen LogP) is 0.0444. The van der Waals surface area contributed by atoms with Gasteiger partial charge in [-0.15, -0.1) is 10.2 Å². The van der Waals surface area contributed by atoms with Crippen molar-refractivity contribution >= 4 is 16.5 Å². The number of aromatic nitrogens is 2. The van der Waals surface area contributed by atoms with Crippen LogP contribution in [-0.2, 0) is 11.3 Å². The summed E-state index contributed by atoms with van der Waals surface area (Å²) in [5, 5.41) is 9.60. The van der Waals surface area contributed by atoms with Gasteiger partial charge < -0.3 is 4.74 Å². The van der Waals surface area contributed by atoms with Crippen LogP contribution >= 0.6 is 11.3 Å². The van der Waals surface area contributed by atoms with Crippen LogP contribution in [0.3, 0.4) is 0 Å². The van der Waals surface area contributed by atoms with Crippen LogP contribution < -0.4 is 11.3 Å². The van der Waals surface area contributed by atoms with Crippen LogP contribution in [0.1, 0.15) is 11.9 Å². The molecule has 2 rings (SSSR count). The lowest BCUT2D eigenvalue weighted by Gasteiger charge is -2.32. The zero-order valence-corrected chi connectivity index (χ0v) is 9.46. The maximum atomic E-state index is 5.37. The van der Waals surface area contributed by atoms with E-state index in [1.54, 1.807) is 0 Å². The Bertz CT molecular complexity index is 318. The normalized spacial score (nSPS) is 22.9. The first kappa shape index (κ1) is 10.7. The molecule has 0 radical (unpaired) electrons. The molecule has 0 saturated carbocycles. The monoisotopic (exact) mass is 229 g/mol. The number of hydrazine groups is 1. The van der Waals surface area contributed by atoms with Crippen molar-refractivity contribution < 1.29 is 4.74 Å². The Morgan fingerprint density at radius 3 is 3.20 bits per heavy atom. The van der Waals surface area contributed by atoms with Crippen LogP contribution in [0.2, 0.25) is 0 Å². The smallest absolute Gasteiger partial charge is 0.219 e. The van der Waals surface area contributed by atoms with Gasteiger partial charge in [-0.25, -0.2) is 5.84 Å². The van der Waals surface area contributed by atoms with Gasteiger partial charge in [0.25, 0.3) is 0 Å². The van der Waals surface area contributed by atoms with E-state index in [9.17, 15) is 0 Å². The van der Waals surface area contributed by atoms with Crippen LogP contribution in [0, 0.1) is 0 Å². The minimum absolute atomic E-state index is 0.442. The van der Waals surface area contributed by atoms with Crippen molar-refractivity contribution in [1.82, 2.24) is 15.1 Å². The first-order chi connectivity index (χ1) is 7.29. The Hall–Kier alpha value is -0.760. The highest BCUT2D eigenvalue weighted by Crippen LogP contribution is 2.17. The minimum Gasteiger partial charge on any atom is -0.379 e. The molecule has 0 aromatic carbocycles. The number of nitrogens with two attached hydrogens (primary N) is 1. The summed E-state index contributed by atoms with van der Waals surface area (Å²) in [7, 11) is 0. The first-order valence-corrected chi connectivity index (χ1v) is 5.72. The van der Waals surface area contributed by atoms with Crippen molar-refractivity contribution in [3.8, 4) is 0 Å². The number of nitrogens with one attached hydrogen (secondary N) is 1. The van der Waals surface area contributed by atoms with Crippen molar-refractivity contribution in [2.75, 3.05) is 25.2 Å². The zero-order valence-electron chi connectivity index (χ0n) is 8.64. The largest absolute Gasteiger partial charge is 0.379 e. The van der Waals surface area contributed by atoms with Crippen LogP contribution in [0.15, 0.2) is 0 Å². The summed E-state index contributed by atoms with van der Waals surface area (Å²) in [6.45, 7) is 5.52. The fourth-order valence-corrected chi connectivity index (χ4v) is 2.22. The fourth-order valence-electron chi connectivity index (χ4n) is 1.55. The summed E-state index contributed by atoms with van der Waals surface area (Å²) in [4.78, 5) is 2.34. The molecule has 6 nitrogen and oxygen atoms in total. The van der Waals surface area contributed by atoms with Gasteiger partial charge in [-0.1, -0.05) is 11.3 Å². The number of morpholine rings is 1. The molecular weight excluding hydrogens is 214 g/mol. The average molecular weight is 229 g/mol. The molecule has 1 fully saturated rings. The van der Waals surface area contributed by atoms with E-state index in [-0.39, 0.29) is 0 Å².